The van der Waals surface area contributed by atoms with Crippen molar-refractivity contribution in [2.24, 2.45) is 0 Å². The van der Waals surface area contributed by atoms with Gasteiger partial charge in [0.25, 0.3) is 0 Å². The average Bonchev–Trinajstić information content (AvgIpc) is 2.07. The number of nitrogens with two attached hydrogens (primary N) is 1. The molecule has 0 spiro atoms. The second-order valence-electron chi connectivity index (χ2n) is 2.52. The molecule has 5 nitrogen and oxygen atoms in total. The lowest BCUT2D eigenvalue weighted by Crippen LogP contribution is -2.09. The van der Waals surface area contributed by atoms with Crippen molar-refractivity contribution in [1.29, 1.82) is 0 Å². The maximum Gasteiger partial charge on any atom is 0.337 e. The zero-order valence-electron chi connectivity index (χ0n) is 6.82. The van der Waals surface area contributed by atoms with Crippen LogP contribution in [0.25, 0.3) is 0 Å². The predicted molar refractivity (Wildman–Crippen MR) is 52.5 cm³/mol. The number of nitrogen functional groups attached to an aromatic ring is 1. The van der Waals surface area contributed by atoms with E-state index in [0.29, 0.717) is 4.47 Å². The largest absolute Gasteiger partial charge is 0.478 e. The lowest BCUT2D eigenvalue weighted by molar-refractivity contribution is 0.0696. The van der Waals surface area contributed by atoms with Crippen LogP contribution in [-0.2, 0) is 0 Å². The highest BCUT2D eigenvalue weighted by Gasteiger charge is 2.16. The summed E-state index contributed by atoms with van der Waals surface area (Å²) in [6.45, 7) is 0. The van der Waals surface area contributed by atoms with Crippen LogP contribution in [0.2, 0.25) is 0 Å². The van der Waals surface area contributed by atoms with Gasteiger partial charge in [0.15, 0.2) is 0 Å². The first-order valence-electron chi connectivity index (χ1n) is 3.49. The Morgan fingerprint density at radius 3 is 1.79 bits per heavy atom. The Morgan fingerprint density at radius 2 is 1.50 bits per heavy atom. The molecule has 0 radical (unpaired) electrons. The standard InChI is InChI=1S/C8H6BrNO4/c9-3-1-4(7(11)12)6(10)5(2-3)8(13)14/h1-2H,10H2,(H,11,12)(H,13,14). The summed E-state index contributed by atoms with van der Waals surface area (Å²) in [4.78, 5) is 21.3. The minimum Gasteiger partial charge on any atom is -0.478 e. The molecule has 0 aliphatic rings. The Morgan fingerprint density at radius 1 is 1.14 bits per heavy atom. The smallest absolute Gasteiger partial charge is 0.337 e. The number of rotatable bonds is 2. The Hall–Kier alpha value is -1.56. The fourth-order valence-corrected chi connectivity index (χ4v) is 1.43. The van der Waals surface area contributed by atoms with Crippen LogP contribution >= 0.6 is 15.9 Å². The maximum absolute atomic E-state index is 10.7. The molecule has 1 aromatic carbocycles. The zero-order valence-corrected chi connectivity index (χ0v) is 8.41. The molecule has 0 bridgehead atoms. The fourth-order valence-electron chi connectivity index (χ4n) is 0.972. The van der Waals surface area contributed by atoms with E-state index in [2.05, 4.69) is 15.9 Å². The predicted octanol–water partition coefficient (Wildman–Crippen LogP) is 1.43. The highest BCUT2D eigenvalue weighted by atomic mass is 79.9. The number of halogens is 1. The van der Waals surface area contributed by atoms with E-state index in [1.807, 2.05) is 0 Å². The molecule has 1 rings (SSSR count). The summed E-state index contributed by atoms with van der Waals surface area (Å²) in [7, 11) is 0. The molecule has 14 heavy (non-hydrogen) atoms. The fraction of sp³-hybridized carbons (Fsp3) is 0. The number of hydrogen-bond donors (Lipinski definition) is 3. The Balaban J connectivity index is 3.47. The van der Waals surface area contributed by atoms with Crippen LogP contribution in [0.3, 0.4) is 0 Å². The Kier molecular flexibility index (Phi) is 2.76. The van der Waals surface area contributed by atoms with Gasteiger partial charge in [-0.05, 0) is 12.1 Å². The van der Waals surface area contributed by atoms with E-state index < -0.39 is 11.9 Å². The first-order chi connectivity index (χ1) is 6.43. The summed E-state index contributed by atoms with van der Waals surface area (Å²) in [5.74, 6) is -2.52. The van der Waals surface area contributed by atoms with Crippen molar-refractivity contribution in [2.75, 3.05) is 5.73 Å². The molecule has 0 saturated carbocycles. The summed E-state index contributed by atoms with van der Waals surface area (Å²) < 4.78 is 0.363. The van der Waals surface area contributed by atoms with E-state index in [4.69, 9.17) is 15.9 Å². The van der Waals surface area contributed by atoms with Crippen LogP contribution in [0.15, 0.2) is 16.6 Å². The first-order valence-corrected chi connectivity index (χ1v) is 4.28. The van der Waals surface area contributed by atoms with Crippen molar-refractivity contribution in [1.82, 2.24) is 0 Å². The SMILES string of the molecule is Nc1c(C(=O)O)cc(Br)cc1C(=O)O. The van der Waals surface area contributed by atoms with Crippen molar-refractivity contribution in [3.63, 3.8) is 0 Å². The Labute approximate surface area is 87.3 Å². The molecule has 1 aromatic rings. The summed E-state index contributed by atoms with van der Waals surface area (Å²) in [5.41, 5.74) is 4.68. The third-order valence-corrected chi connectivity index (χ3v) is 2.06. The molecule has 74 valence electrons. The molecular weight excluding hydrogens is 254 g/mol. The number of carbonyl (C=O) groups is 2. The van der Waals surface area contributed by atoms with Crippen LogP contribution in [-0.4, -0.2) is 22.2 Å². The Bertz CT molecular complexity index is 381. The van der Waals surface area contributed by atoms with Crippen LogP contribution in [0.5, 0.6) is 0 Å². The third kappa shape index (κ3) is 1.85. The molecule has 0 atom stereocenters. The molecule has 0 amide bonds. The van der Waals surface area contributed by atoms with Crippen LogP contribution < -0.4 is 5.73 Å². The summed E-state index contributed by atoms with van der Waals surface area (Å²) in [6, 6.07) is 2.51. The van der Waals surface area contributed by atoms with Gasteiger partial charge >= 0.3 is 11.9 Å². The second kappa shape index (κ2) is 3.67. The van der Waals surface area contributed by atoms with Crippen molar-refractivity contribution in [3.8, 4) is 0 Å². The highest BCUT2D eigenvalue weighted by molar-refractivity contribution is 9.10. The number of carboxylic acids is 2. The number of hydrogen-bond acceptors (Lipinski definition) is 3. The minimum atomic E-state index is -1.26. The van der Waals surface area contributed by atoms with Crippen LogP contribution in [0.4, 0.5) is 5.69 Å². The molecule has 0 aliphatic heterocycles. The van der Waals surface area contributed by atoms with Gasteiger partial charge in [0.05, 0.1) is 16.8 Å². The van der Waals surface area contributed by atoms with E-state index >= 15 is 0 Å². The molecule has 4 N–H and O–H groups in total. The molecule has 0 aromatic heterocycles. The van der Waals surface area contributed by atoms with Gasteiger partial charge in [-0.3, -0.25) is 0 Å². The van der Waals surface area contributed by atoms with Crippen molar-refractivity contribution in [3.05, 3.63) is 27.7 Å². The van der Waals surface area contributed by atoms with Gasteiger partial charge in [0.1, 0.15) is 0 Å². The van der Waals surface area contributed by atoms with Gasteiger partial charge in [-0.1, -0.05) is 15.9 Å². The molecule has 0 saturated heterocycles. The van der Waals surface area contributed by atoms with Gasteiger partial charge in [0, 0.05) is 4.47 Å². The summed E-state index contributed by atoms with van der Waals surface area (Å²) in [5, 5.41) is 17.4. The normalized spacial score (nSPS) is 9.79. The molecule has 0 heterocycles. The van der Waals surface area contributed by atoms with E-state index in [1.165, 1.54) is 12.1 Å². The van der Waals surface area contributed by atoms with Crippen molar-refractivity contribution < 1.29 is 19.8 Å². The molecule has 0 aliphatic carbocycles. The van der Waals surface area contributed by atoms with Crippen molar-refractivity contribution in [2.45, 2.75) is 0 Å². The first kappa shape index (κ1) is 10.5. The zero-order chi connectivity index (χ0) is 10.9. The third-order valence-electron chi connectivity index (χ3n) is 1.61. The van der Waals surface area contributed by atoms with Crippen LogP contribution in [0.1, 0.15) is 20.7 Å². The summed E-state index contributed by atoms with van der Waals surface area (Å²) in [6.07, 6.45) is 0. The monoisotopic (exact) mass is 259 g/mol. The maximum atomic E-state index is 10.7. The number of aromatic carboxylic acids is 2. The van der Waals surface area contributed by atoms with E-state index in [-0.39, 0.29) is 16.8 Å². The van der Waals surface area contributed by atoms with Crippen molar-refractivity contribution >= 4 is 33.6 Å². The second-order valence-corrected chi connectivity index (χ2v) is 3.44. The van der Waals surface area contributed by atoms with Gasteiger partial charge in [-0.25, -0.2) is 9.59 Å². The molecular formula is C8H6BrNO4. The lowest BCUT2D eigenvalue weighted by atomic mass is 10.1. The van der Waals surface area contributed by atoms with Crippen LogP contribution in [0, 0.1) is 0 Å². The van der Waals surface area contributed by atoms with Gasteiger partial charge in [-0.2, -0.15) is 0 Å². The highest BCUT2D eigenvalue weighted by Crippen LogP contribution is 2.23. The molecule has 6 heteroatoms. The van der Waals surface area contributed by atoms with E-state index in [0.717, 1.165) is 0 Å². The minimum absolute atomic E-state index is 0.225. The summed E-state index contributed by atoms with van der Waals surface area (Å²) >= 11 is 3.00. The molecule has 0 fully saturated rings. The van der Waals surface area contributed by atoms with Gasteiger partial charge in [0.2, 0.25) is 0 Å². The topological polar surface area (TPSA) is 101 Å². The van der Waals surface area contributed by atoms with Gasteiger partial charge in [-0.15, -0.1) is 0 Å². The van der Waals surface area contributed by atoms with E-state index in [1.54, 1.807) is 0 Å². The van der Waals surface area contributed by atoms with Gasteiger partial charge < -0.3 is 15.9 Å². The number of carboxylic acid groups (broad SMARTS) is 2. The number of benzene rings is 1. The van der Waals surface area contributed by atoms with E-state index in [9.17, 15) is 9.59 Å². The quantitative estimate of drug-likeness (QED) is 0.698. The lowest BCUT2D eigenvalue weighted by Gasteiger charge is -2.05. The number of anilines is 1. The molecule has 0 unspecified atom stereocenters. The average molecular weight is 260 g/mol.